The van der Waals surface area contributed by atoms with Gasteiger partial charge in [0, 0.05) is 49.1 Å². The molecule has 0 unspecified atom stereocenters. The van der Waals surface area contributed by atoms with Crippen LogP contribution in [-0.2, 0) is 0 Å². The minimum absolute atomic E-state index is 0.0409. The van der Waals surface area contributed by atoms with Crippen LogP contribution in [0.3, 0.4) is 0 Å². The summed E-state index contributed by atoms with van der Waals surface area (Å²) in [7, 11) is 2.04. The van der Waals surface area contributed by atoms with E-state index in [0.717, 1.165) is 13.1 Å². The molecule has 0 radical (unpaired) electrons. The van der Waals surface area contributed by atoms with Crippen molar-refractivity contribution in [3.05, 3.63) is 53.6 Å². The molecule has 7 nitrogen and oxygen atoms in total. The Bertz CT molecular complexity index is 875. The zero-order valence-electron chi connectivity index (χ0n) is 15.1. The lowest BCUT2D eigenvalue weighted by atomic mass is 10.1. The quantitative estimate of drug-likeness (QED) is 0.899. The standard InChI is InChI=1S/C20H21N3O4/c1-22-7-9-23(10-8-22)20(25)15-4-2-3-14(11-15)19(24)21-16-5-6-17-18(12-16)27-13-26-17/h2-6,11-12H,7-10,13H2,1H3,(H,21,24). The zero-order chi connectivity index (χ0) is 18.8. The van der Waals surface area contributed by atoms with E-state index in [-0.39, 0.29) is 18.6 Å². The number of nitrogens with one attached hydrogen (secondary N) is 1. The maximum atomic E-state index is 12.7. The Morgan fingerprint density at radius 1 is 0.926 bits per heavy atom. The smallest absolute Gasteiger partial charge is 0.255 e. The highest BCUT2D eigenvalue weighted by atomic mass is 16.7. The van der Waals surface area contributed by atoms with Gasteiger partial charge in [0.2, 0.25) is 6.79 Å². The van der Waals surface area contributed by atoms with Crippen LogP contribution >= 0.6 is 0 Å². The average molecular weight is 367 g/mol. The van der Waals surface area contributed by atoms with Crippen molar-refractivity contribution in [3.63, 3.8) is 0 Å². The predicted octanol–water partition coefficient (Wildman–Crippen LogP) is 2.06. The monoisotopic (exact) mass is 367 g/mol. The third-order valence-electron chi connectivity index (χ3n) is 4.79. The highest BCUT2D eigenvalue weighted by Crippen LogP contribution is 2.34. The summed E-state index contributed by atoms with van der Waals surface area (Å²) in [5, 5.41) is 2.83. The molecule has 2 aromatic rings. The predicted molar refractivity (Wildman–Crippen MR) is 100 cm³/mol. The van der Waals surface area contributed by atoms with Crippen LogP contribution < -0.4 is 14.8 Å². The summed E-state index contributed by atoms with van der Waals surface area (Å²) in [6, 6.07) is 12.1. The molecule has 2 amide bonds. The van der Waals surface area contributed by atoms with Gasteiger partial charge in [-0.25, -0.2) is 0 Å². The van der Waals surface area contributed by atoms with E-state index in [9.17, 15) is 9.59 Å². The number of likely N-dealkylation sites (N-methyl/N-ethyl adjacent to an activating group) is 1. The first-order chi connectivity index (χ1) is 13.1. The van der Waals surface area contributed by atoms with Gasteiger partial charge in [0.05, 0.1) is 0 Å². The lowest BCUT2D eigenvalue weighted by Crippen LogP contribution is -2.47. The second-order valence-electron chi connectivity index (χ2n) is 6.70. The molecule has 0 bridgehead atoms. The molecule has 2 aliphatic rings. The largest absolute Gasteiger partial charge is 0.454 e. The number of hydrogen-bond acceptors (Lipinski definition) is 5. The van der Waals surface area contributed by atoms with E-state index >= 15 is 0 Å². The molecule has 0 aromatic heterocycles. The molecule has 4 rings (SSSR count). The van der Waals surface area contributed by atoms with Crippen LogP contribution in [0.15, 0.2) is 42.5 Å². The molecule has 1 N–H and O–H groups in total. The number of anilines is 1. The van der Waals surface area contributed by atoms with Crippen molar-refractivity contribution in [1.82, 2.24) is 9.80 Å². The highest BCUT2D eigenvalue weighted by Gasteiger charge is 2.21. The van der Waals surface area contributed by atoms with Crippen molar-refractivity contribution in [2.45, 2.75) is 0 Å². The number of hydrogen-bond donors (Lipinski definition) is 1. The molecule has 2 heterocycles. The van der Waals surface area contributed by atoms with Gasteiger partial charge >= 0.3 is 0 Å². The van der Waals surface area contributed by atoms with Gasteiger partial charge in [-0.3, -0.25) is 9.59 Å². The first kappa shape index (κ1) is 17.4. The van der Waals surface area contributed by atoms with Crippen molar-refractivity contribution in [3.8, 4) is 11.5 Å². The van der Waals surface area contributed by atoms with Crippen LogP contribution in [0, 0.1) is 0 Å². The van der Waals surface area contributed by atoms with Crippen LogP contribution in [0.2, 0.25) is 0 Å². The summed E-state index contributed by atoms with van der Waals surface area (Å²) >= 11 is 0. The van der Waals surface area contributed by atoms with E-state index in [4.69, 9.17) is 9.47 Å². The number of carbonyl (C=O) groups excluding carboxylic acids is 2. The molecule has 1 fully saturated rings. The van der Waals surface area contributed by atoms with Gasteiger partial charge in [-0.1, -0.05) is 6.07 Å². The Labute approximate surface area is 157 Å². The number of nitrogens with zero attached hydrogens (tertiary/aromatic N) is 2. The van der Waals surface area contributed by atoms with Crippen molar-refractivity contribution in [2.75, 3.05) is 45.3 Å². The summed E-state index contributed by atoms with van der Waals surface area (Å²) in [5.74, 6) is 0.947. The van der Waals surface area contributed by atoms with Gasteiger partial charge in [-0.15, -0.1) is 0 Å². The zero-order valence-corrected chi connectivity index (χ0v) is 15.1. The lowest BCUT2D eigenvalue weighted by molar-refractivity contribution is 0.0664. The molecular formula is C20H21N3O4. The first-order valence-corrected chi connectivity index (χ1v) is 8.89. The van der Waals surface area contributed by atoms with Crippen LogP contribution in [0.1, 0.15) is 20.7 Å². The number of benzene rings is 2. The van der Waals surface area contributed by atoms with Gasteiger partial charge in [-0.2, -0.15) is 0 Å². The van der Waals surface area contributed by atoms with Gasteiger partial charge < -0.3 is 24.6 Å². The Morgan fingerprint density at radius 2 is 1.67 bits per heavy atom. The number of carbonyl (C=O) groups is 2. The summed E-state index contributed by atoms with van der Waals surface area (Å²) in [4.78, 5) is 29.3. The maximum absolute atomic E-state index is 12.7. The summed E-state index contributed by atoms with van der Waals surface area (Å²) < 4.78 is 10.6. The molecule has 2 aromatic carbocycles. The normalized spacial score (nSPS) is 16.3. The van der Waals surface area contributed by atoms with E-state index in [1.165, 1.54) is 0 Å². The molecule has 2 aliphatic heterocycles. The third kappa shape index (κ3) is 3.73. The fourth-order valence-corrected chi connectivity index (χ4v) is 3.16. The van der Waals surface area contributed by atoms with Crippen LogP contribution in [0.25, 0.3) is 0 Å². The Morgan fingerprint density at radius 3 is 2.48 bits per heavy atom. The van der Waals surface area contributed by atoms with Crippen molar-refractivity contribution < 1.29 is 19.1 Å². The second kappa shape index (κ2) is 7.28. The van der Waals surface area contributed by atoms with Crippen LogP contribution in [0.5, 0.6) is 11.5 Å². The van der Waals surface area contributed by atoms with Crippen molar-refractivity contribution in [2.24, 2.45) is 0 Å². The van der Waals surface area contributed by atoms with Gasteiger partial charge in [0.1, 0.15) is 0 Å². The Balaban J connectivity index is 1.47. The lowest BCUT2D eigenvalue weighted by Gasteiger charge is -2.32. The van der Waals surface area contributed by atoms with E-state index in [1.807, 2.05) is 11.9 Å². The minimum Gasteiger partial charge on any atom is -0.454 e. The average Bonchev–Trinajstić information content (AvgIpc) is 3.16. The third-order valence-corrected chi connectivity index (χ3v) is 4.79. The van der Waals surface area contributed by atoms with Crippen LogP contribution in [-0.4, -0.2) is 61.6 Å². The highest BCUT2D eigenvalue weighted by molar-refractivity contribution is 6.06. The number of ether oxygens (including phenoxy) is 2. The summed E-state index contributed by atoms with van der Waals surface area (Å²) in [6.45, 7) is 3.29. The Hall–Kier alpha value is -3.06. The molecule has 0 aliphatic carbocycles. The van der Waals surface area contributed by atoms with Crippen LogP contribution in [0.4, 0.5) is 5.69 Å². The van der Waals surface area contributed by atoms with Gasteiger partial charge in [0.15, 0.2) is 11.5 Å². The number of amides is 2. The topological polar surface area (TPSA) is 71.1 Å². The number of fused-ring (bicyclic) bond motifs is 1. The molecule has 140 valence electrons. The van der Waals surface area contributed by atoms with Crippen molar-refractivity contribution >= 4 is 17.5 Å². The fourth-order valence-electron chi connectivity index (χ4n) is 3.16. The molecule has 7 heteroatoms. The molecule has 0 spiro atoms. The summed E-state index contributed by atoms with van der Waals surface area (Å²) in [5.41, 5.74) is 1.57. The minimum atomic E-state index is -0.276. The second-order valence-corrected chi connectivity index (χ2v) is 6.70. The molecule has 1 saturated heterocycles. The van der Waals surface area contributed by atoms with Gasteiger partial charge in [0.25, 0.3) is 11.8 Å². The maximum Gasteiger partial charge on any atom is 0.255 e. The molecular weight excluding hydrogens is 346 g/mol. The molecule has 0 atom stereocenters. The van der Waals surface area contributed by atoms with E-state index < -0.39 is 0 Å². The number of rotatable bonds is 3. The van der Waals surface area contributed by atoms with Gasteiger partial charge in [-0.05, 0) is 37.4 Å². The fraction of sp³-hybridized carbons (Fsp3) is 0.300. The van der Waals surface area contributed by atoms with E-state index in [0.29, 0.717) is 41.4 Å². The number of piperazine rings is 1. The first-order valence-electron chi connectivity index (χ1n) is 8.89. The van der Waals surface area contributed by atoms with Crippen molar-refractivity contribution in [1.29, 1.82) is 0 Å². The van der Waals surface area contributed by atoms with E-state index in [2.05, 4.69) is 10.2 Å². The molecule has 0 saturated carbocycles. The van der Waals surface area contributed by atoms with E-state index in [1.54, 1.807) is 42.5 Å². The SMILES string of the molecule is CN1CCN(C(=O)c2cccc(C(=O)Nc3ccc4c(c3)OCO4)c2)CC1. The summed E-state index contributed by atoms with van der Waals surface area (Å²) in [6.07, 6.45) is 0. The molecule has 27 heavy (non-hydrogen) atoms. The Kier molecular flexibility index (Phi) is 4.68.